The molecule has 1 aromatic carbocycles. The Morgan fingerprint density at radius 2 is 1.86 bits per heavy atom. The molecular weight excluding hydrogens is 284 g/mol. The van der Waals surface area contributed by atoms with E-state index in [1.807, 2.05) is 19.9 Å². The Balaban J connectivity index is 2.04. The van der Waals surface area contributed by atoms with Crippen LogP contribution in [0, 0.1) is 19.8 Å². The summed E-state index contributed by atoms with van der Waals surface area (Å²) in [5.74, 6) is 0.542. The van der Waals surface area contributed by atoms with Gasteiger partial charge in [-0.05, 0) is 56.2 Å². The molecule has 1 aromatic rings. The molecule has 2 atom stereocenters. The Labute approximate surface area is 127 Å². The Morgan fingerprint density at radius 3 is 2.62 bits per heavy atom. The highest BCUT2D eigenvalue weighted by Crippen LogP contribution is 2.40. The first kappa shape index (κ1) is 14.9. The number of hydrogen-bond acceptors (Lipinski definition) is 3. The molecule has 1 aliphatic carbocycles. The molecule has 0 amide bonds. The van der Waals surface area contributed by atoms with Gasteiger partial charge in [-0.3, -0.25) is 0 Å². The molecule has 2 fully saturated rings. The number of fused-ring (bicyclic) bond motifs is 1. The molecule has 2 aliphatic rings. The van der Waals surface area contributed by atoms with Crippen LogP contribution in [0.2, 0.25) is 0 Å². The fourth-order valence-corrected chi connectivity index (χ4v) is 6.06. The minimum Gasteiger partial charge on any atom is -0.398 e. The molecule has 1 saturated heterocycles. The number of hydrogen-bond donors (Lipinski definition) is 1. The predicted octanol–water partition coefficient (Wildman–Crippen LogP) is 2.84. The maximum Gasteiger partial charge on any atom is 0.245 e. The molecule has 1 heterocycles. The van der Waals surface area contributed by atoms with Crippen LogP contribution in [0.3, 0.4) is 0 Å². The molecule has 2 unspecified atom stereocenters. The quantitative estimate of drug-likeness (QED) is 0.855. The third-order valence-electron chi connectivity index (χ3n) is 5.23. The summed E-state index contributed by atoms with van der Waals surface area (Å²) in [7, 11) is -3.48. The monoisotopic (exact) mass is 308 g/mol. The van der Waals surface area contributed by atoms with Gasteiger partial charge in [0.1, 0.15) is 4.90 Å². The number of benzene rings is 1. The fourth-order valence-electron chi connectivity index (χ4n) is 3.93. The fraction of sp³-hybridized carbons (Fsp3) is 0.625. The van der Waals surface area contributed by atoms with Gasteiger partial charge in [-0.15, -0.1) is 0 Å². The van der Waals surface area contributed by atoms with Crippen LogP contribution in [0.1, 0.15) is 43.2 Å². The maximum atomic E-state index is 13.1. The number of nitrogen functional groups attached to an aromatic ring is 1. The molecule has 4 nitrogen and oxygen atoms in total. The van der Waals surface area contributed by atoms with Gasteiger partial charge in [0.05, 0.1) is 5.69 Å². The summed E-state index contributed by atoms with van der Waals surface area (Å²) >= 11 is 0. The van der Waals surface area contributed by atoms with Crippen molar-refractivity contribution in [3.63, 3.8) is 0 Å². The van der Waals surface area contributed by atoms with Crippen molar-refractivity contribution in [2.45, 2.75) is 56.9 Å². The van der Waals surface area contributed by atoms with Gasteiger partial charge in [0.15, 0.2) is 0 Å². The topological polar surface area (TPSA) is 63.4 Å². The van der Waals surface area contributed by atoms with E-state index in [2.05, 4.69) is 0 Å². The highest BCUT2D eigenvalue weighted by atomic mass is 32.2. The van der Waals surface area contributed by atoms with Crippen LogP contribution in [0.15, 0.2) is 17.0 Å². The lowest BCUT2D eigenvalue weighted by Crippen LogP contribution is -2.39. The van der Waals surface area contributed by atoms with Crippen LogP contribution in [0.25, 0.3) is 0 Å². The molecule has 5 heteroatoms. The molecule has 116 valence electrons. The Hall–Kier alpha value is -1.07. The summed E-state index contributed by atoms with van der Waals surface area (Å²) in [4.78, 5) is 0.328. The van der Waals surface area contributed by atoms with Crippen molar-refractivity contribution in [3.05, 3.63) is 23.3 Å². The lowest BCUT2D eigenvalue weighted by atomic mass is 9.86. The van der Waals surface area contributed by atoms with Gasteiger partial charge in [0.2, 0.25) is 10.0 Å². The molecule has 0 spiro atoms. The van der Waals surface area contributed by atoms with E-state index in [-0.39, 0.29) is 6.04 Å². The average molecular weight is 308 g/mol. The average Bonchev–Trinajstić information content (AvgIpc) is 2.88. The molecule has 0 bridgehead atoms. The van der Waals surface area contributed by atoms with E-state index >= 15 is 0 Å². The lowest BCUT2D eigenvalue weighted by Gasteiger charge is -2.31. The van der Waals surface area contributed by atoms with Crippen molar-refractivity contribution in [3.8, 4) is 0 Å². The van der Waals surface area contributed by atoms with Gasteiger partial charge in [-0.2, -0.15) is 4.31 Å². The van der Waals surface area contributed by atoms with E-state index in [0.29, 0.717) is 23.0 Å². The molecule has 2 N–H and O–H groups in total. The second-order valence-electron chi connectivity index (χ2n) is 6.44. The third-order valence-corrected chi connectivity index (χ3v) is 7.36. The minimum absolute atomic E-state index is 0.183. The van der Waals surface area contributed by atoms with Crippen LogP contribution >= 0.6 is 0 Å². The zero-order valence-corrected chi connectivity index (χ0v) is 13.6. The minimum atomic E-state index is -3.48. The first-order valence-electron chi connectivity index (χ1n) is 7.80. The van der Waals surface area contributed by atoms with E-state index in [1.165, 1.54) is 12.8 Å². The third kappa shape index (κ3) is 2.36. The van der Waals surface area contributed by atoms with E-state index in [9.17, 15) is 8.42 Å². The second-order valence-corrected chi connectivity index (χ2v) is 8.27. The van der Waals surface area contributed by atoms with Crippen molar-refractivity contribution >= 4 is 15.7 Å². The summed E-state index contributed by atoms with van der Waals surface area (Å²) in [6, 6.07) is 3.78. The van der Waals surface area contributed by atoms with Crippen molar-refractivity contribution in [1.29, 1.82) is 0 Å². The van der Waals surface area contributed by atoms with Gasteiger partial charge in [0.25, 0.3) is 0 Å². The van der Waals surface area contributed by atoms with Crippen LogP contribution in [-0.4, -0.2) is 25.3 Å². The van der Waals surface area contributed by atoms with Crippen LogP contribution < -0.4 is 5.73 Å². The highest BCUT2D eigenvalue weighted by Gasteiger charge is 2.43. The molecule has 21 heavy (non-hydrogen) atoms. The number of aryl methyl sites for hydroxylation is 1. The second kappa shape index (κ2) is 5.29. The summed E-state index contributed by atoms with van der Waals surface area (Å²) in [6.45, 7) is 4.43. The maximum absolute atomic E-state index is 13.1. The summed E-state index contributed by atoms with van der Waals surface area (Å²) in [5, 5.41) is 0. The molecular formula is C16H24N2O2S. The van der Waals surface area contributed by atoms with E-state index in [1.54, 1.807) is 10.4 Å². The van der Waals surface area contributed by atoms with Crippen LogP contribution in [0.5, 0.6) is 0 Å². The number of nitrogens with two attached hydrogens (primary N) is 1. The highest BCUT2D eigenvalue weighted by molar-refractivity contribution is 7.89. The summed E-state index contributed by atoms with van der Waals surface area (Å²) < 4.78 is 28.0. The van der Waals surface area contributed by atoms with Gasteiger partial charge < -0.3 is 5.73 Å². The van der Waals surface area contributed by atoms with Gasteiger partial charge in [0, 0.05) is 12.6 Å². The van der Waals surface area contributed by atoms with Crippen molar-refractivity contribution < 1.29 is 8.42 Å². The van der Waals surface area contributed by atoms with Gasteiger partial charge in [-0.25, -0.2) is 8.42 Å². The standard InChI is InChI=1S/C16H24N2O2S/c1-11-7-8-14(17)16(12(11)2)21(19,20)18-10-9-13-5-3-4-6-15(13)18/h7-8,13,15H,3-6,9-10,17H2,1-2H3. The predicted molar refractivity (Wildman–Crippen MR) is 84.6 cm³/mol. The Morgan fingerprint density at radius 1 is 1.14 bits per heavy atom. The molecule has 0 aromatic heterocycles. The first-order valence-corrected chi connectivity index (χ1v) is 9.24. The number of nitrogens with zero attached hydrogens (tertiary/aromatic N) is 1. The van der Waals surface area contributed by atoms with Crippen molar-refractivity contribution in [2.75, 3.05) is 12.3 Å². The normalized spacial score (nSPS) is 26.8. The SMILES string of the molecule is Cc1ccc(N)c(S(=O)(=O)N2CCC3CCCCC32)c1C. The zero-order chi connectivity index (χ0) is 15.2. The summed E-state index contributed by atoms with van der Waals surface area (Å²) in [6.07, 6.45) is 5.53. The van der Waals surface area contributed by atoms with Gasteiger partial charge in [-0.1, -0.05) is 18.9 Å². The smallest absolute Gasteiger partial charge is 0.245 e. The largest absolute Gasteiger partial charge is 0.398 e. The molecule has 1 aliphatic heterocycles. The van der Waals surface area contributed by atoms with E-state index in [4.69, 9.17) is 5.73 Å². The molecule has 1 saturated carbocycles. The van der Waals surface area contributed by atoms with E-state index in [0.717, 1.165) is 30.4 Å². The Kier molecular flexibility index (Phi) is 3.74. The van der Waals surface area contributed by atoms with Crippen molar-refractivity contribution in [1.82, 2.24) is 4.31 Å². The number of sulfonamides is 1. The van der Waals surface area contributed by atoms with Crippen LogP contribution in [-0.2, 0) is 10.0 Å². The summed E-state index contributed by atoms with van der Waals surface area (Å²) in [5.41, 5.74) is 8.14. The van der Waals surface area contributed by atoms with Gasteiger partial charge >= 0.3 is 0 Å². The molecule has 3 rings (SSSR count). The van der Waals surface area contributed by atoms with E-state index < -0.39 is 10.0 Å². The number of rotatable bonds is 2. The van der Waals surface area contributed by atoms with Crippen molar-refractivity contribution in [2.24, 2.45) is 5.92 Å². The molecule has 0 radical (unpaired) electrons. The zero-order valence-electron chi connectivity index (χ0n) is 12.8. The lowest BCUT2D eigenvalue weighted by molar-refractivity contribution is 0.260. The Bertz CT molecular complexity index is 654. The first-order chi connectivity index (χ1) is 9.93. The van der Waals surface area contributed by atoms with Crippen LogP contribution in [0.4, 0.5) is 5.69 Å². The number of anilines is 1.